The number of amides is 2. The van der Waals surface area contributed by atoms with Gasteiger partial charge in [0.1, 0.15) is 9.88 Å². The molecule has 2 aromatic heterocycles. The number of carbonyl (C=O) groups excluding carboxylic acids is 2. The Bertz CT molecular complexity index is 973. The largest absolute Gasteiger partial charge is 0.326 e. The van der Waals surface area contributed by atoms with Crippen molar-refractivity contribution in [1.29, 1.82) is 0 Å². The number of halogens is 1. The van der Waals surface area contributed by atoms with Gasteiger partial charge in [0.2, 0.25) is 5.91 Å². The first-order valence-corrected chi connectivity index (χ1v) is 8.91. The molecule has 2 heterocycles. The van der Waals surface area contributed by atoms with Crippen LogP contribution < -0.4 is 10.6 Å². The normalized spacial score (nSPS) is 10.4. The van der Waals surface area contributed by atoms with E-state index in [0.29, 0.717) is 37.7 Å². The summed E-state index contributed by atoms with van der Waals surface area (Å²) < 4.78 is 0. The molecule has 0 unspecified atom stereocenters. The Balaban J connectivity index is 1.85. The SMILES string of the molecule is CC(=O)Nc1ccc(Cl)c(NC(=O)c2sc(-c3ccccn3)nc2C)c1. The second-order valence-corrected chi connectivity index (χ2v) is 6.88. The number of aromatic nitrogens is 2. The van der Waals surface area contributed by atoms with Gasteiger partial charge in [0.15, 0.2) is 0 Å². The molecule has 8 heteroatoms. The third-order valence-electron chi connectivity index (χ3n) is 3.42. The zero-order valence-electron chi connectivity index (χ0n) is 14.0. The standard InChI is InChI=1S/C18H15ClN4O2S/c1-10-16(26-18(21-10)14-5-3-4-8-20-14)17(25)23-15-9-12(22-11(2)24)6-7-13(15)19/h3-9H,1-2H3,(H,22,24)(H,23,25). The molecule has 2 amide bonds. The first-order chi connectivity index (χ1) is 12.4. The number of rotatable bonds is 4. The summed E-state index contributed by atoms with van der Waals surface area (Å²) in [6.07, 6.45) is 1.68. The van der Waals surface area contributed by atoms with Crippen LogP contribution in [0.2, 0.25) is 5.02 Å². The second-order valence-electron chi connectivity index (χ2n) is 5.48. The molecule has 3 aromatic rings. The first-order valence-electron chi connectivity index (χ1n) is 7.71. The van der Waals surface area contributed by atoms with Crippen LogP contribution in [0, 0.1) is 6.92 Å². The van der Waals surface area contributed by atoms with Gasteiger partial charge in [-0.25, -0.2) is 4.98 Å². The fourth-order valence-electron chi connectivity index (χ4n) is 2.29. The van der Waals surface area contributed by atoms with Gasteiger partial charge in [0.25, 0.3) is 5.91 Å². The third kappa shape index (κ3) is 4.07. The molecule has 0 aliphatic carbocycles. The Morgan fingerprint density at radius 2 is 1.96 bits per heavy atom. The molecular formula is C18H15ClN4O2S. The van der Waals surface area contributed by atoms with E-state index >= 15 is 0 Å². The average Bonchev–Trinajstić information content (AvgIpc) is 3.00. The van der Waals surface area contributed by atoms with E-state index in [1.54, 1.807) is 31.3 Å². The quantitative estimate of drug-likeness (QED) is 0.697. The average molecular weight is 387 g/mol. The number of hydrogen-bond donors (Lipinski definition) is 2. The van der Waals surface area contributed by atoms with Crippen LogP contribution in [-0.2, 0) is 4.79 Å². The number of pyridine rings is 1. The minimum Gasteiger partial charge on any atom is -0.326 e. The molecule has 0 aliphatic rings. The number of aryl methyl sites for hydroxylation is 1. The van der Waals surface area contributed by atoms with Crippen LogP contribution in [0.3, 0.4) is 0 Å². The molecule has 3 rings (SSSR count). The lowest BCUT2D eigenvalue weighted by molar-refractivity contribution is -0.114. The van der Waals surface area contributed by atoms with Gasteiger partial charge in [0.05, 0.1) is 22.1 Å². The van der Waals surface area contributed by atoms with Crippen LogP contribution in [0.4, 0.5) is 11.4 Å². The summed E-state index contributed by atoms with van der Waals surface area (Å²) in [7, 11) is 0. The summed E-state index contributed by atoms with van der Waals surface area (Å²) in [5.74, 6) is -0.521. The van der Waals surface area contributed by atoms with Crippen LogP contribution in [0.15, 0.2) is 42.6 Å². The number of carbonyl (C=O) groups is 2. The predicted octanol–water partition coefficient (Wildman–Crippen LogP) is 4.38. The van der Waals surface area contributed by atoms with E-state index in [1.807, 2.05) is 18.2 Å². The fourth-order valence-corrected chi connectivity index (χ4v) is 3.39. The molecule has 1 aromatic carbocycles. The Morgan fingerprint density at radius 3 is 2.65 bits per heavy atom. The Kier molecular flexibility index (Phi) is 5.29. The number of nitrogens with one attached hydrogen (secondary N) is 2. The van der Waals surface area contributed by atoms with E-state index in [1.165, 1.54) is 18.3 Å². The molecule has 0 saturated heterocycles. The summed E-state index contributed by atoms with van der Waals surface area (Å²) >= 11 is 7.42. The molecular weight excluding hydrogens is 372 g/mol. The molecule has 0 spiro atoms. The van der Waals surface area contributed by atoms with Gasteiger partial charge in [-0.15, -0.1) is 11.3 Å². The second kappa shape index (κ2) is 7.63. The molecule has 132 valence electrons. The van der Waals surface area contributed by atoms with Crippen molar-refractivity contribution in [2.75, 3.05) is 10.6 Å². The molecule has 0 saturated carbocycles. The maximum absolute atomic E-state index is 12.7. The zero-order valence-corrected chi connectivity index (χ0v) is 15.6. The Labute approximate surface area is 159 Å². The van der Waals surface area contributed by atoms with Gasteiger partial charge in [-0.3, -0.25) is 14.6 Å². The number of thiazole rings is 1. The Morgan fingerprint density at radius 1 is 1.15 bits per heavy atom. The molecule has 2 N–H and O–H groups in total. The van der Waals surface area contributed by atoms with Gasteiger partial charge >= 0.3 is 0 Å². The van der Waals surface area contributed by atoms with E-state index in [4.69, 9.17) is 11.6 Å². The molecule has 0 radical (unpaired) electrons. The number of anilines is 2. The van der Waals surface area contributed by atoms with Crippen molar-refractivity contribution in [3.63, 3.8) is 0 Å². The van der Waals surface area contributed by atoms with Crippen LogP contribution in [0.25, 0.3) is 10.7 Å². The van der Waals surface area contributed by atoms with E-state index in [9.17, 15) is 9.59 Å². The molecule has 0 atom stereocenters. The number of benzene rings is 1. The van der Waals surface area contributed by atoms with E-state index in [0.717, 1.165) is 0 Å². The maximum Gasteiger partial charge on any atom is 0.267 e. The number of nitrogens with zero attached hydrogens (tertiary/aromatic N) is 2. The van der Waals surface area contributed by atoms with Crippen molar-refractivity contribution in [2.45, 2.75) is 13.8 Å². The van der Waals surface area contributed by atoms with Gasteiger partial charge in [0, 0.05) is 18.8 Å². The minimum absolute atomic E-state index is 0.206. The highest BCUT2D eigenvalue weighted by Crippen LogP contribution is 2.29. The van der Waals surface area contributed by atoms with Crippen molar-refractivity contribution < 1.29 is 9.59 Å². The fraction of sp³-hybridized carbons (Fsp3) is 0.111. The van der Waals surface area contributed by atoms with Crippen molar-refractivity contribution in [3.8, 4) is 10.7 Å². The maximum atomic E-state index is 12.7. The predicted molar refractivity (Wildman–Crippen MR) is 104 cm³/mol. The van der Waals surface area contributed by atoms with Gasteiger partial charge < -0.3 is 10.6 Å². The van der Waals surface area contributed by atoms with Crippen molar-refractivity contribution in [2.24, 2.45) is 0 Å². The van der Waals surface area contributed by atoms with Crippen LogP contribution in [-0.4, -0.2) is 21.8 Å². The lowest BCUT2D eigenvalue weighted by atomic mass is 10.2. The first kappa shape index (κ1) is 18.0. The summed E-state index contributed by atoms with van der Waals surface area (Å²) in [5, 5.41) is 6.48. The van der Waals surface area contributed by atoms with Gasteiger partial charge in [-0.2, -0.15) is 0 Å². The smallest absolute Gasteiger partial charge is 0.267 e. The van der Waals surface area contributed by atoms with Crippen LogP contribution in [0.5, 0.6) is 0 Å². The molecule has 6 nitrogen and oxygen atoms in total. The van der Waals surface area contributed by atoms with Crippen LogP contribution in [0.1, 0.15) is 22.3 Å². The summed E-state index contributed by atoms with van der Waals surface area (Å²) in [6, 6.07) is 10.4. The highest BCUT2D eigenvalue weighted by Gasteiger charge is 2.18. The molecule has 0 bridgehead atoms. The molecule has 0 fully saturated rings. The zero-order chi connectivity index (χ0) is 18.7. The van der Waals surface area contributed by atoms with Gasteiger partial charge in [-0.05, 0) is 37.3 Å². The highest BCUT2D eigenvalue weighted by molar-refractivity contribution is 7.17. The van der Waals surface area contributed by atoms with E-state index < -0.39 is 0 Å². The summed E-state index contributed by atoms with van der Waals surface area (Å²) in [5.41, 5.74) is 2.29. The highest BCUT2D eigenvalue weighted by atomic mass is 35.5. The van der Waals surface area contributed by atoms with E-state index in [-0.39, 0.29) is 11.8 Å². The topological polar surface area (TPSA) is 84.0 Å². The molecule has 0 aliphatic heterocycles. The van der Waals surface area contributed by atoms with Crippen molar-refractivity contribution >= 4 is 46.1 Å². The van der Waals surface area contributed by atoms with Crippen molar-refractivity contribution in [1.82, 2.24) is 9.97 Å². The minimum atomic E-state index is -0.316. The monoisotopic (exact) mass is 386 g/mol. The van der Waals surface area contributed by atoms with Crippen LogP contribution >= 0.6 is 22.9 Å². The lowest BCUT2D eigenvalue weighted by Gasteiger charge is -2.09. The lowest BCUT2D eigenvalue weighted by Crippen LogP contribution is -2.13. The summed E-state index contributed by atoms with van der Waals surface area (Å²) in [4.78, 5) is 33.0. The Hall–Kier alpha value is -2.77. The third-order valence-corrected chi connectivity index (χ3v) is 4.93. The summed E-state index contributed by atoms with van der Waals surface area (Å²) in [6.45, 7) is 3.18. The van der Waals surface area contributed by atoms with Crippen molar-refractivity contribution in [3.05, 3.63) is 58.2 Å². The number of hydrogen-bond acceptors (Lipinski definition) is 5. The van der Waals surface area contributed by atoms with E-state index in [2.05, 4.69) is 20.6 Å². The molecule has 26 heavy (non-hydrogen) atoms. The van der Waals surface area contributed by atoms with Gasteiger partial charge in [-0.1, -0.05) is 17.7 Å².